The maximum absolute atomic E-state index is 13.3. The number of anilines is 2. The van der Waals surface area contributed by atoms with Crippen LogP contribution in [-0.2, 0) is 0 Å². The van der Waals surface area contributed by atoms with Gasteiger partial charge in [-0.15, -0.1) is 11.3 Å². The lowest BCUT2D eigenvalue weighted by molar-refractivity contribution is 0.0752. The van der Waals surface area contributed by atoms with E-state index in [1.165, 1.54) is 11.3 Å². The summed E-state index contributed by atoms with van der Waals surface area (Å²) in [4.78, 5) is 23.6. The molecule has 5 rings (SSSR count). The van der Waals surface area contributed by atoms with Crippen LogP contribution in [0, 0.1) is 0 Å². The summed E-state index contributed by atoms with van der Waals surface area (Å²) in [5.74, 6) is 1.60. The summed E-state index contributed by atoms with van der Waals surface area (Å²) in [6, 6.07) is 19.7. The van der Waals surface area contributed by atoms with Crippen LogP contribution in [0.25, 0.3) is 21.5 Å². The van der Waals surface area contributed by atoms with Crippen molar-refractivity contribution in [2.45, 2.75) is 0 Å². The number of nitrogen functional groups attached to an aromatic ring is 1. The van der Waals surface area contributed by atoms with Crippen molar-refractivity contribution in [2.24, 2.45) is 0 Å². The minimum Gasteiger partial charge on any atom is -0.497 e. The molecule has 1 amide bonds. The highest BCUT2D eigenvalue weighted by Gasteiger charge is 2.26. The largest absolute Gasteiger partial charge is 0.497 e. The number of nitrogens with zero attached hydrogens (tertiary/aromatic N) is 3. The second-order valence-corrected chi connectivity index (χ2v) is 9.10. The van der Waals surface area contributed by atoms with Crippen molar-refractivity contribution in [3.63, 3.8) is 0 Å². The van der Waals surface area contributed by atoms with Crippen LogP contribution >= 0.6 is 11.3 Å². The Morgan fingerprint density at radius 3 is 2.12 bits per heavy atom. The summed E-state index contributed by atoms with van der Waals surface area (Å²) in [5, 5.41) is 0.822. The summed E-state index contributed by atoms with van der Waals surface area (Å²) < 4.78 is 10.5. The standard InChI is InChI=1S/C26H26N4O3S/c1-32-19-7-3-17(4-8-19)22-12-11-21-23(27)24(34-25(21)28-22)26(31)30-15-13-29(14-16-30)18-5-9-20(33-2)10-6-18/h3-12H,13-16,27H2,1-2H3. The van der Waals surface area contributed by atoms with Crippen LogP contribution in [0.15, 0.2) is 60.7 Å². The smallest absolute Gasteiger partial charge is 0.266 e. The van der Waals surface area contributed by atoms with Crippen molar-refractivity contribution in [2.75, 3.05) is 51.0 Å². The number of nitrogens with two attached hydrogens (primary N) is 1. The molecule has 0 atom stereocenters. The van der Waals surface area contributed by atoms with Crippen molar-refractivity contribution < 1.29 is 14.3 Å². The van der Waals surface area contributed by atoms with Crippen LogP contribution < -0.4 is 20.1 Å². The number of aromatic nitrogens is 1. The summed E-state index contributed by atoms with van der Waals surface area (Å²) in [6.07, 6.45) is 0. The molecule has 4 aromatic rings. The number of hydrogen-bond donors (Lipinski definition) is 1. The van der Waals surface area contributed by atoms with Crippen molar-refractivity contribution in [1.29, 1.82) is 0 Å². The van der Waals surface area contributed by atoms with Crippen molar-refractivity contribution in [1.82, 2.24) is 9.88 Å². The van der Waals surface area contributed by atoms with Crippen LogP contribution in [0.2, 0.25) is 0 Å². The molecular weight excluding hydrogens is 448 g/mol. The van der Waals surface area contributed by atoms with E-state index in [4.69, 9.17) is 20.2 Å². The van der Waals surface area contributed by atoms with Gasteiger partial charge >= 0.3 is 0 Å². The van der Waals surface area contributed by atoms with Gasteiger partial charge in [0, 0.05) is 42.8 Å². The van der Waals surface area contributed by atoms with Gasteiger partial charge in [0.05, 0.1) is 25.6 Å². The second-order valence-electron chi connectivity index (χ2n) is 8.10. The highest BCUT2D eigenvalue weighted by atomic mass is 32.1. The molecule has 0 unspecified atom stereocenters. The van der Waals surface area contributed by atoms with Gasteiger partial charge in [-0.2, -0.15) is 0 Å². The SMILES string of the molecule is COc1ccc(-c2ccc3c(N)c(C(=O)N4CCN(c5ccc(OC)cc5)CC4)sc3n2)cc1. The number of thiophene rings is 1. The summed E-state index contributed by atoms with van der Waals surface area (Å²) in [5.41, 5.74) is 9.86. The number of pyridine rings is 1. The summed E-state index contributed by atoms with van der Waals surface area (Å²) in [6.45, 7) is 2.82. The van der Waals surface area contributed by atoms with E-state index in [2.05, 4.69) is 4.90 Å². The van der Waals surface area contributed by atoms with Crippen LogP contribution in [0.3, 0.4) is 0 Å². The Morgan fingerprint density at radius 2 is 1.50 bits per heavy atom. The first-order chi connectivity index (χ1) is 16.6. The predicted octanol–water partition coefficient (Wildman–Crippen LogP) is 4.53. The minimum absolute atomic E-state index is 0.0270. The fourth-order valence-electron chi connectivity index (χ4n) is 4.18. The third-order valence-corrected chi connectivity index (χ3v) is 7.28. The predicted molar refractivity (Wildman–Crippen MR) is 137 cm³/mol. The van der Waals surface area contributed by atoms with Gasteiger partial charge in [-0.05, 0) is 60.7 Å². The molecule has 0 bridgehead atoms. The lowest BCUT2D eigenvalue weighted by atomic mass is 10.1. The van der Waals surface area contributed by atoms with E-state index in [0.717, 1.165) is 51.7 Å². The fourth-order valence-corrected chi connectivity index (χ4v) is 5.24. The fraction of sp³-hybridized carbons (Fsp3) is 0.231. The number of methoxy groups -OCH3 is 2. The Morgan fingerprint density at radius 1 is 0.882 bits per heavy atom. The Hall–Kier alpha value is -3.78. The molecule has 0 radical (unpaired) electrons. The van der Waals surface area contributed by atoms with Crippen LogP contribution in [-0.4, -0.2) is 56.2 Å². The van der Waals surface area contributed by atoms with Gasteiger partial charge < -0.3 is 25.0 Å². The molecule has 34 heavy (non-hydrogen) atoms. The zero-order valence-electron chi connectivity index (χ0n) is 19.2. The van der Waals surface area contributed by atoms with E-state index in [1.807, 2.05) is 65.6 Å². The minimum atomic E-state index is -0.0270. The summed E-state index contributed by atoms with van der Waals surface area (Å²) >= 11 is 1.36. The Labute approximate surface area is 202 Å². The van der Waals surface area contributed by atoms with Crippen LogP contribution in [0.1, 0.15) is 9.67 Å². The van der Waals surface area contributed by atoms with Crippen LogP contribution in [0.4, 0.5) is 11.4 Å². The van der Waals surface area contributed by atoms with Gasteiger partial charge in [0.1, 0.15) is 21.2 Å². The third kappa shape index (κ3) is 4.12. The quantitative estimate of drug-likeness (QED) is 0.458. The summed E-state index contributed by atoms with van der Waals surface area (Å²) in [7, 11) is 3.31. The van der Waals surface area contributed by atoms with Gasteiger partial charge in [0.2, 0.25) is 0 Å². The third-order valence-electron chi connectivity index (χ3n) is 6.18. The molecule has 1 aliphatic rings. The van der Waals surface area contributed by atoms with Gasteiger partial charge in [0.25, 0.3) is 5.91 Å². The molecule has 3 heterocycles. The first-order valence-corrected chi connectivity index (χ1v) is 11.9. The first kappa shape index (κ1) is 22.0. The number of carbonyl (C=O) groups is 1. The number of rotatable bonds is 5. The highest BCUT2D eigenvalue weighted by Crippen LogP contribution is 2.35. The molecule has 0 spiro atoms. The molecule has 2 aromatic heterocycles. The zero-order chi connectivity index (χ0) is 23.7. The number of fused-ring (bicyclic) bond motifs is 1. The van der Waals surface area contributed by atoms with Gasteiger partial charge in [-0.3, -0.25) is 4.79 Å². The molecule has 0 aliphatic carbocycles. The number of hydrogen-bond acceptors (Lipinski definition) is 7. The molecule has 2 N–H and O–H groups in total. The monoisotopic (exact) mass is 474 g/mol. The number of amides is 1. The maximum Gasteiger partial charge on any atom is 0.266 e. The van der Waals surface area contributed by atoms with Crippen molar-refractivity contribution in [3.8, 4) is 22.8 Å². The lowest BCUT2D eigenvalue weighted by Gasteiger charge is -2.36. The number of benzene rings is 2. The maximum atomic E-state index is 13.3. The van der Waals surface area contributed by atoms with E-state index >= 15 is 0 Å². The number of carbonyl (C=O) groups excluding carboxylic acids is 1. The molecule has 0 saturated carbocycles. The molecule has 1 aliphatic heterocycles. The lowest BCUT2D eigenvalue weighted by Crippen LogP contribution is -2.48. The van der Waals surface area contributed by atoms with Crippen LogP contribution in [0.5, 0.6) is 11.5 Å². The van der Waals surface area contributed by atoms with Gasteiger partial charge in [-0.25, -0.2) is 4.98 Å². The molecule has 8 heteroatoms. The van der Waals surface area contributed by atoms with E-state index in [9.17, 15) is 4.79 Å². The van der Waals surface area contributed by atoms with E-state index in [0.29, 0.717) is 23.7 Å². The van der Waals surface area contributed by atoms with E-state index in [1.54, 1.807) is 14.2 Å². The normalized spacial score (nSPS) is 13.8. The van der Waals surface area contributed by atoms with Crippen molar-refractivity contribution >= 4 is 38.8 Å². The molecule has 1 fully saturated rings. The molecule has 2 aromatic carbocycles. The molecular formula is C26H26N4O3S. The van der Waals surface area contributed by atoms with Crippen molar-refractivity contribution in [3.05, 3.63) is 65.5 Å². The Kier molecular flexibility index (Phi) is 5.98. The topological polar surface area (TPSA) is 80.9 Å². The van der Waals surface area contributed by atoms with E-state index in [-0.39, 0.29) is 5.91 Å². The number of piperazine rings is 1. The number of ether oxygens (including phenoxy) is 2. The Bertz CT molecular complexity index is 1310. The van der Waals surface area contributed by atoms with Gasteiger partial charge in [0.15, 0.2) is 0 Å². The Balaban J connectivity index is 1.32. The first-order valence-electron chi connectivity index (χ1n) is 11.1. The zero-order valence-corrected chi connectivity index (χ0v) is 20.0. The van der Waals surface area contributed by atoms with Gasteiger partial charge in [-0.1, -0.05) is 0 Å². The average Bonchev–Trinajstić information content (AvgIpc) is 3.24. The molecule has 7 nitrogen and oxygen atoms in total. The molecule has 174 valence electrons. The highest BCUT2D eigenvalue weighted by molar-refractivity contribution is 7.21. The average molecular weight is 475 g/mol. The second kappa shape index (κ2) is 9.23. The van der Waals surface area contributed by atoms with E-state index < -0.39 is 0 Å². The molecule has 1 saturated heterocycles.